The van der Waals surface area contributed by atoms with Crippen molar-refractivity contribution in [1.82, 2.24) is 9.55 Å². The Labute approximate surface area is 59.0 Å². The third kappa shape index (κ3) is 1.43. The van der Waals surface area contributed by atoms with Crippen LogP contribution in [-0.4, -0.2) is 9.55 Å². The lowest BCUT2D eigenvalue weighted by Gasteiger charge is -1.94. The first kappa shape index (κ1) is 6.99. The zero-order valence-electron chi connectivity index (χ0n) is 5.79. The molecule has 0 bridgehead atoms. The molecule has 54 valence electrons. The molecule has 1 aromatic rings. The molecule has 1 rings (SSSR count). The molecule has 0 radical (unpaired) electrons. The molecular formula is C7H9FN2. The highest BCUT2D eigenvalue weighted by molar-refractivity contribution is 4.85. The van der Waals surface area contributed by atoms with E-state index in [2.05, 4.69) is 4.98 Å². The summed E-state index contributed by atoms with van der Waals surface area (Å²) in [6.07, 6.45) is 6.41. The molecule has 0 aliphatic rings. The van der Waals surface area contributed by atoms with E-state index in [0.29, 0.717) is 6.54 Å². The zero-order valence-corrected chi connectivity index (χ0v) is 5.79. The molecule has 0 aromatic carbocycles. The molecule has 3 heteroatoms. The van der Waals surface area contributed by atoms with Crippen molar-refractivity contribution in [3.8, 4) is 0 Å². The van der Waals surface area contributed by atoms with Gasteiger partial charge in [0.15, 0.2) is 0 Å². The SMILES string of the molecule is C/C=C/Cn1cncc1F. The summed E-state index contributed by atoms with van der Waals surface area (Å²) in [7, 11) is 0. The predicted octanol–water partition coefficient (Wildman–Crippen LogP) is 1.60. The van der Waals surface area contributed by atoms with Crippen LogP contribution in [0.2, 0.25) is 0 Å². The number of hydrogen-bond acceptors (Lipinski definition) is 1. The largest absolute Gasteiger partial charge is 0.304 e. The van der Waals surface area contributed by atoms with Crippen LogP contribution in [0, 0.1) is 5.95 Å². The van der Waals surface area contributed by atoms with E-state index in [9.17, 15) is 4.39 Å². The van der Waals surface area contributed by atoms with Gasteiger partial charge in [0.25, 0.3) is 0 Å². The summed E-state index contributed by atoms with van der Waals surface area (Å²) in [5.74, 6) is -0.293. The normalized spacial score (nSPS) is 11.0. The highest BCUT2D eigenvalue weighted by Gasteiger charge is 1.94. The van der Waals surface area contributed by atoms with E-state index in [-0.39, 0.29) is 5.95 Å². The quantitative estimate of drug-likeness (QED) is 0.570. The van der Waals surface area contributed by atoms with Gasteiger partial charge < -0.3 is 4.57 Å². The molecule has 0 aliphatic heterocycles. The number of nitrogens with zero attached hydrogens (tertiary/aromatic N) is 2. The van der Waals surface area contributed by atoms with Crippen LogP contribution in [-0.2, 0) is 6.54 Å². The van der Waals surface area contributed by atoms with Gasteiger partial charge in [-0.25, -0.2) is 4.98 Å². The van der Waals surface area contributed by atoms with Crippen molar-refractivity contribution >= 4 is 0 Å². The minimum Gasteiger partial charge on any atom is -0.304 e. The number of hydrogen-bond donors (Lipinski definition) is 0. The minimum atomic E-state index is -0.293. The lowest BCUT2D eigenvalue weighted by molar-refractivity contribution is 0.519. The Kier molecular flexibility index (Phi) is 2.20. The van der Waals surface area contributed by atoms with E-state index >= 15 is 0 Å². The van der Waals surface area contributed by atoms with Crippen molar-refractivity contribution in [3.05, 3.63) is 30.6 Å². The van der Waals surface area contributed by atoms with Crippen LogP contribution in [0.25, 0.3) is 0 Å². The van der Waals surface area contributed by atoms with Gasteiger partial charge in [-0.05, 0) is 6.92 Å². The van der Waals surface area contributed by atoms with Crippen LogP contribution in [0.15, 0.2) is 24.7 Å². The molecule has 0 amide bonds. The topological polar surface area (TPSA) is 17.8 Å². The molecule has 0 saturated carbocycles. The number of rotatable bonds is 2. The molecule has 2 nitrogen and oxygen atoms in total. The molecule has 0 spiro atoms. The molecule has 0 unspecified atom stereocenters. The molecule has 0 fully saturated rings. The first-order valence-electron chi connectivity index (χ1n) is 3.11. The zero-order chi connectivity index (χ0) is 7.40. The van der Waals surface area contributed by atoms with Crippen molar-refractivity contribution in [1.29, 1.82) is 0 Å². The first-order chi connectivity index (χ1) is 4.84. The molecule has 0 atom stereocenters. The molecule has 0 aliphatic carbocycles. The van der Waals surface area contributed by atoms with Gasteiger partial charge in [0.1, 0.15) is 0 Å². The van der Waals surface area contributed by atoms with Crippen LogP contribution >= 0.6 is 0 Å². The monoisotopic (exact) mass is 140 g/mol. The van der Waals surface area contributed by atoms with Gasteiger partial charge in [-0.2, -0.15) is 4.39 Å². The fourth-order valence-corrected chi connectivity index (χ4v) is 0.658. The molecule has 1 heterocycles. The van der Waals surface area contributed by atoms with Gasteiger partial charge in [0.2, 0.25) is 5.95 Å². The van der Waals surface area contributed by atoms with Crippen molar-refractivity contribution in [2.45, 2.75) is 13.5 Å². The van der Waals surface area contributed by atoms with Crippen molar-refractivity contribution in [2.75, 3.05) is 0 Å². The second kappa shape index (κ2) is 3.15. The van der Waals surface area contributed by atoms with Gasteiger partial charge >= 0.3 is 0 Å². The molecule has 0 saturated heterocycles. The Bertz CT molecular complexity index is 227. The standard InChI is InChI=1S/C7H9FN2/c1-2-3-4-10-6-9-5-7(10)8/h2-3,5-6H,4H2,1H3/b3-2+. The second-order valence-electron chi connectivity index (χ2n) is 1.94. The van der Waals surface area contributed by atoms with Crippen molar-refractivity contribution in [3.63, 3.8) is 0 Å². The number of imidazole rings is 1. The molecular weight excluding hydrogens is 131 g/mol. The minimum absolute atomic E-state index is 0.293. The van der Waals surface area contributed by atoms with Crippen LogP contribution in [0.1, 0.15) is 6.92 Å². The maximum Gasteiger partial charge on any atom is 0.213 e. The average Bonchev–Trinajstić information content (AvgIpc) is 2.31. The van der Waals surface area contributed by atoms with Crippen LogP contribution < -0.4 is 0 Å². The maximum atomic E-state index is 12.5. The van der Waals surface area contributed by atoms with E-state index < -0.39 is 0 Å². The van der Waals surface area contributed by atoms with Crippen LogP contribution in [0.4, 0.5) is 4.39 Å². The Morgan fingerprint density at radius 1 is 1.80 bits per heavy atom. The fourth-order valence-electron chi connectivity index (χ4n) is 0.658. The Morgan fingerprint density at radius 3 is 3.10 bits per heavy atom. The number of halogens is 1. The molecule has 0 N–H and O–H groups in total. The van der Waals surface area contributed by atoms with E-state index in [1.54, 1.807) is 0 Å². The van der Waals surface area contributed by atoms with E-state index in [0.717, 1.165) is 0 Å². The Balaban J connectivity index is 2.65. The summed E-state index contributed by atoms with van der Waals surface area (Å²) in [5, 5.41) is 0. The van der Waals surface area contributed by atoms with Crippen LogP contribution in [0.5, 0.6) is 0 Å². The summed E-state index contributed by atoms with van der Waals surface area (Å²) in [6, 6.07) is 0. The third-order valence-electron chi connectivity index (χ3n) is 1.20. The lowest BCUT2D eigenvalue weighted by atomic mass is 10.5. The van der Waals surface area contributed by atoms with Gasteiger partial charge in [0, 0.05) is 6.54 Å². The summed E-state index contributed by atoms with van der Waals surface area (Å²) >= 11 is 0. The molecule has 10 heavy (non-hydrogen) atoms. The Hall–Kier alpha value is -1.12. The predicted molar refractivity (Wildman–Crippen MR) is 37.0 cm³/mol. The number of aromatic nitrogens is 2. The van der Waals surface area contributed by atoms with Crippen molar-refractivity contribution < 1.29 is 4.39 Å². The van der Waals surface area contributed by atoms with E-state index in [4.69, 9.17) is 0 Å². The second-order valence-corrected chi connectivity index (χ2v) is 1.94. The highest BCUT2D eigenvalue weighted by Crippen LogP contribution is 1.95. The third-order valence-corrected chi connectivity index (χ3v) is 1.20. The van der Waals surface area contributed by atoms with Crippen LogP contribution in [0.3, 0.4) is 0 Å². The van der Waals surface area contributed by atoms with Gasteiger partial charge in [0.05, 0.1) is 12.5 Å². The van der Waals surface area contributed by atoms with Gasteiger partial charge in [-0.15, -0.1) is 0 Å². The summed E-state index contributed by atoms with van der Waals surface area (Å²) in [6.45, 7) is 2.46. The van der Waals surface area contributed by atoms with Crippen molar-refractivity contribution in [2.24, 2.45) is 0 Å². The summed E-state index contributed by atoms with van der Waals surface area (Å²) < 4.78 is 14.0. The Morgan fingerprint density at radius 2 is 2.60 bits per heavy atom. The number of allylic oxidation sites excluding steroid dienone is 2. The highest BCUT2D eigenvalue weighted by atomic mass is 19.1. The lowest BCUT2D eigenvalue weighted by Crippen LogP contribution is -1.95. The smallest absolute Gasteiger partial charge is 0.213 e. The van der Waals surface area contributed by atoms with Gasteiger partial charge in [-0.1, -0.05) is 12.2 Å². The average molecular weight is 140 g/mol. The first-order valence-corrected chi connectivity index (χ1v) is 3.11. The van der Waals surface area contributed by atoms with Gasteiger partial charge in [-0.3, -0.25) is 0 Å². The molecule has 1 aromatic heterocycles. The van der Waals surface area contributed by atoms with E-state index in [1.807, 2.05) is 19.1 Å². The summed E-state index contributed by atoms with van der Waals surface area (Å²) in [5.41, 5.74) is 0. The van der Waals surface area contributed by atoms with E-state index in [1.165, 1.54) is 17.1 Å². The fraction of sp³-hybridized carbons (Fsp3) is 0.286. The maximum absolute atomic E-state index is 12.5. The summed E-state index contributed by atoms with van der Waals surface area (Å²) in [4.78, 5) is 3.63.